The average molecular weight is 440 g/mol. The summed E-state index contributed by atoms with van der Waals surface area (Å²) in [6.07, 6.45) is 4.84. The van der Waals surface area contributed by atoms with Gasteiger partial charge in [0.05, 0.1) is 5.60 Å². The van der Waals surface area contributed by atoms with E-state index in [2.05, 4.69) is 16.7 Å². The molecule has 170 valence electrons. The Hall–Kier alpha value is -1.34. The van der Waals surface area contributed by atoms with Crippen molar-refractivity contribution in [1.82, 2.24) is 15.5 Å². The van der Waals surface area contributed by atoms with Gasteiger partial charge < -0.3 is 25.0 Å². The molecule has 2 rings (SSSR count). The van der Waals surface area contributed by atoms with Crippen molar-refractivity contribution in [3.8, 4) is 0 Å². The van der Waals surface area contributed by atoms with Crippen molar-refractivity contribution in [2.45, 2.75) is 44.6 Å². The van der Waals surface area contributed by atoms with Gasteiger partial charge in [-0.3, -0.25) is 0 Å². The fourth-order valence-electron chi connectivity index (χ4n) is 4.45. The van der Waals surface area contributed by atoms with E-state index in [-0.39, 0.29) is 11.9 Å². The Labute approximate surface area is 186 Å². The van der Waals surface area contributed by atoms with E-state index < -0.39 is 5.60 Å². The number of unbranched alkanes of at least 4 members (excludes halogenated alkanes) is 1. The number of methoxy groups -OCH3 is 1. The molecule has 2 amide bonds. The van der Waals surface area contributed by atoms with Crippen LogP contribution in [0.1, 0.15) is 44.6 Å². The molecular weight excluding hydrogens is 402 g/mol. The Balaban J connectivity index is 2.26. The van der Waals surface area contributed by atoms with Gasteiger partial charge in [-0.15, -0.1) is 0 Å². The van der Waals surface area contributed by atoms with Crippen LogP contribution in [0.3, 0.4) is 0 Å². The summed E-state index contributed by atoms with van der Waals surface area (Å²) >= 11 is 6.37. The molecule has 7 heteroatoms. The molecule has 1 saturated heterocycles. The monoisotopic (exact) mass is 439 g/mol. The highest BCUT2D eigenvalue weighted by Crippen LogP contribution is 2.43. The lowest BCUT2D eigenvalue weighted by Crippen LogP contribution is -2.52. The predicted octanol–water partition coefficient (Wildman–Crippen LogP) is 4.03. The minimum atomic E-state index is -0.461. The molecule has 1 aromatic carbocycles. The lowest BCUT2D eigenvalue weighted by Gasteiger charge is -2.46. The minimum absolute atomic E-state index is 0.00539. The molecule has 0 unspecified atom stereocenters. The van der Waals surface area contributed by atoms with Gasteiger partial charge in [0.15, 0.2) is 0 Å². The minimum Gasteiger partial charge on any atom is -0.385 e. The van der Waals surface area contributed by atoms with Gasteiger partial charge in [-0.2, -0.15) is 0 Å². The van der Waals surface area contributed by atoms with Crippen molar-refractivity contribution in [2.24, 2.45) is 5.92 Å². The smallest absolute Gasteiger partial charge is 0.317 e. The van der Waals surface area contributed by atoms with Gasteiger partial charge in [-0.25, -0.2) is 4.79 Å². The van der Waals surface area contributed by atoms with Gasteiger partial charge in [0, 0.05) is 57.4 Å². The van der Waals surface area contributed by atoms with Crippen LogP contribution < -0.4 is 10.6 Å². The highest BCUT2D eigenvalue weighted by molar-refractivity contribution is 6.30. The maximum Gasteiger partial charge on any atom is 0.317 e. The number of urea groups is 1. The van der Waals surface area contributed by atoms with E-state index >= 15 is 0 Å². The number of carbonyl (C=O) groups is 1. The molecular formula is C23H38ClN3O3. The Bertz CT molecular complexity index is 646. The Morgan fingerprint density at radius 2 is 2.17 bits per heavy atom. The second kappa shape index (κ2) is 13.2. The number of nitrogens with zero attached hydrogens (tertiary/aromatic N) is 1. The highest BCUT2D eigenvalue weighted by atomic mass is 35.5. The summed E-state index contributed by atoms with van der Waals surface area (Å²) in [5.74, 6) is 0.210. The fraction of sp³-hybridized carbons (Fsp3) is 0.696. The van der Waals surface area contributed by atoms with Crippen molar-refractivity contribution in [3.63, 3.8) is 0 Å². The summed E-state index contributed by atoms with van der Waals surface area (Å²) in [6, 6.07) is 8.04. The second-order valence-electron chi connectivity index (χ2n) is 7.90. The molecule has 1 aliphatic heterocycles. The number of likely N-dealkylation sites (N-methyl/N-ethyl adjacent to an activating group) is 1. The standard InChI is InChI=1S/C23H38ClN3O3/c1-4-30-23(12-5-6-16-29-3,19-9-7-11-21(24)17-19)20-10-8-15-27(18-20)22(28)26-14-13-25-2/h7,9,11,17,20,25H,4-6,8,10,12-16,18H2,1-3H3,(H,26,28)/t20-,23-/m1/s1. The molecule has 0 aliphatic carbocycles. The normalized spacial score (nSPS) is 18.8. The van der Waals surface area contributed by atoms with E-state index in [9.17, 15) is 4.79 Å². The van der Waals surface area contributed by atoms with Crippen molar-refractivity contribution in [2.75, 3.05) is 53.6 Å². The van der Waals surface area contributed by atoms with Crippen molar-refractivity contribution < 1.29 is 14.3 Å². The summed E-state index contributed by atoms with van der Waals surface area (Å²) in [5.41, 5.74) is 0.647. The highest BCUT2D eigenvalue weighted by Gasteiger charge is 2.43. The number of halogens is 1. The number of nitrogens with one attached hydrogen (secondary N) is 2. The van der Waals surface area contributed by atoms with Crippen LogP contribution in [0.25, 0.3) is 0 Å². The van der Waals surface area contributed by atoms with E-state index in [1.165, 1.54) is 0 Å². The third-order valence-corrected chi connectivity index (χ3v) is 6.12. The van der Waals surface area contributed by atoms with Gasteiger partial charge in [-0.05, 0) is 63.8 Å². The van der Waals surface area contributed by atoms with Crippen LogP contribution >= 0.6 is 11.6 Å². The van der Waals surface area contributed by atoms with Crippen molar-refractivity contribution in [3.05, 3.63) is 34.9 Å². The topological polar surface area (TPSA) is 62.8 Å². The lowest BCUT2D eigenvalue weighted by atomic mass is 9.73. The van der Waals surface area contributed by atoms with Crippen molar-refractivity contribution >= 4 is 17.6 Å². The molecule has 0 aromatic heterocycles. The van der Waals surface area contributed by atoms with Gasteiger partial charge in [-0.1, -0.05) is 23.7 Å². The zero-order chi connectivity index (χ0) is 21.8. The maximum atomic E-state index is 12.7. The largest absolute Gasteiger partial charge is 0.385 e. The van der Waals surface area contributed by atoms with Crippen LogP contribution in [-0.2, 0) is 15.1 Å². The van der Waals surface area contributed by atoms with Crippen LogP contribution in [0.15, 0.2) is 24.3 Å². The quantitative estimate of drug-likeness (QED) is 0.482. The number of hydrogen-bond acceptors (Lipinski definition) is 4. The lowest BCUT2D eigenvalue weighted by molar-refractivity contribution is -0.110. The van der Waals surface area contributed by atoms with E-state index in [1.54, 1.807) is 7.11 Å². The van der Waals surface area contributed by atoms with Gasteiger partial charge >= 0.3 is 6.03 Å². The number of likely N-dealkylation sites (tertiary alicyclic amines) is 1. The number of ether oxygens (including phenoxy) is 2. The molecule has 0 bridgehead atoms. The molecule has 1 fully saturated rings. The van der Waals surface area contributed by atoms with Gasteiger partial charge in [0.1, 0.15) is 0 Å². The van der Waals surface area contributed by atoms with Crippen LogP contribution in [0.5, 0.6) is 0 Å². The first-order valence-corrected chi connectivity index (χ1v) is 11.5. The van der Waals surface area contributed by atoms with E-state index in [1.807, 2.05) is 37.1 Å². The first-order chi connectivity index (χ1) is 14.6. The van der Waals surface area contributed by atoms with E-state index in [4.69, 9.17) is 21.1 Å². The molecule has 1 aromatic rings. The number of rotatable bonds is 12. The number of hydrogen-bond donors (Lipinski definition) is 2. The van der Waals surface area contributed by atoms with E-state index in [0.717, 1.165) is 57.4 Å². The molecule has 0 radical (unpaired) electrons. The zero-order valence-corrected chi connectivity index (χ0v) is 19.5. The first-order valence-electron chi connectivity index (χ1n) is 11.1. The average Bonchev–Trinajstić information content (AvgIpc) is 2.76. The molecule has 0 saturated carbocycles. The third-order valence-electron chi connectivity index (χ3n) is 5.88. The Morgan fingerprint density at radius 1 is 1.33 bits per heavy atom. The zero-order valence-electron chi connectivity index (χ0n) is 18.7. The fourth-order valence-corrected chi connectivity index (χ4v) is 4.64. The summed E-state index contributed by atoms with van der Waals surface area (Å²) in [6.45, 7) is 6.24. The van der Waals surface area contributed by atoms with E-state index in [0.29, 0.717) is 24.7 Å². The Morgan fingerprint density at radius 3 is 2.87 bits per heavy atom. The summed E-state index contributed by atoms with van der Waals surface area (Å²) in [4.78, 5) is 14.6. The molecule has 30 heavy (non-hydrogen) atoms. The predicted molar refractivity (Wildman–Crippen MR) is 122 cm³/mol. The number of amides is 2. The first kappa shape index (κ1) is 24.9. The summed E-state index contributed by atoms with van der Waals surface area (Å²) < 4.78 is 11.8. The number of carbonyl (C=O) groups excluding carboxylic acids is 1. The maximum absolute atomic E-state index is 12.7. The van der Waals surface area contributed by atoms with Crippen LogP contribution in [0.2, 0.25) is 5.02 Å². The Kier molecular flexibility index (Phi) is 10.9. The molecule has 2 atom stereocenters. The molecule has 1 aliphatic rings. The van der Waals surface area contributed by atoms with Crippen LogP contribution in [0.4, 0.5) is 4.79 Å². The third kappa shape index (κ3) is 6.84. The van der Waals surface area contributed by atoms with Crippen LogP contribution in [0, 0.1) is 5.92 Å². The van der Waals surface area contributed by atoms with Gasteiger partial charge in [0.25, 0.3) is 0 Å². The van der Waals surface area contributed by atoms with Crippen LogP contribution in [-0.4, -0.2) is 64.5 Å². The van der Waals surface area contributed by atoms with Crippen molar-refractivity contribution in [1.29, 1.82) is 0 Å². The second-order valence-corrected chi connectivity index (χ2v) is 8.34. The summed E-state index contributed by atoms with van der Waals surface area (Å²) in [7, 11) is 3.62. The number of piperidine rings is 1. The molecule has 0 spiro atoms. The number of benzene rings is 1. The summed E-state index contributed by atoms with van der Waals surface area (Å²) in [5, 5.41) is 6.79. The SMILES string of the molecule is CCO[C@](CCCCOC)(c1cccc(Cl)c1)[C@@H]1CCCN(C(=O)NCCNC)C1. The molecule has 1 heterocycles. The van der Waals surface area contributed by atoms with Gasteiger partial charge in [0.2, 0.25) is 0 Å². The molecule has 2 N–H and O–H groups in total. The molecule has 6 nitrogen and oxygen atoms in total.